The highest BCUT2D eigenvalue weighted by Crippen LogP contribution is 2.24. The van der Waals surface area contributed by atoms with Crippen LogP contribution in [0.1, 0.15) is 6.42 Å². The first-order chi connectivity index (χ1) is 8.49. The molecule has 1 heterocycles. The van der Waals surface area contributed by atoms with Gasteiger partial charge in [0, 0.05) is 19.7 Å². The van der Waals surface area contributed by atoms with Crippen molar-refractivity contribution in [3.8, 4) is 0 Å². The fourth-order valence-corrected chi connectivity index (χ4v) is 1.53. The number of ether oxygens (including phenoxy) is 1. The molecule has 0 aromatic carbocycles. The smallest absolute Gasteiger partial charge is 0.287 e. The van der Waals surface area contributed by atoms with Gasteiger partial charge in [-0.05, 0) is 0 Å². The highest BCUT2D eigenvalue weighted by molar-refractivity contribution is 5.97. The van der Waals surface area contributed by atoms with E-state index in [2.05, 4.69) is 0 Å². The summed E-state index contributed by atoms with van der Waals surface area (Å²) in [6.07, 6.45) is -2.43. The Morgan fingerprint density at radius 1 is 1.50 bits per heavy atom. The van der Waals surface area contributed by atoms with E-state index in [1.54, 1.807) is 5.32 Å². The summed E-state index contributed by atoms with van der Waals surface area (Å²) in [6, 6.07) is 0. The van der Waals surface area contributed by atoms with Crippen LogP contribution in [-0.4, -0.2) is 49.1 Å². The summed E-state index contributed by atoms with van der Waals surface area (Å²) < 4.78 is 31.6. The molecule has 0 radical (unpaired) electrons. The largest absolute Gasteiger partial charge is 0.350 e. The number of carbonyl (C=O) groups excluding carboxylic acids is 3. The standard InChI is InChI=1S/C10H12F2N2O4/c1-14(3-8(12)9(17)13-5-16)10-7(11)2-6(4-15)18-10/h3-7,10H,2H2,1H3,(H,13,16,17)/b8-3+. The molecular weight excluding hydrogens is 250 g/mol. The summed E-state index contributed by atoms with van der Waals surface area (Å²) in [5, 5.41) is 1.59. The molecule has 1 rings (SSSR count). The topological polar surface area (TPSA) is 75.7 Å². The van der Waals surface area contributed by atoms with Crippen molar-refractivity contribution < 1.29 is 27.9 Å². The monoisotopic (exact) mass is 262 g/mol. The molecule has 3 atom stereocenters. The predicted octanol–water partition coefficient (Wildman–Crippen LogP) is -0.346. The number of halogens is 2. The molecule has 0 aromatic rings. The second-order valence-corrected chi connectivity index (χ2v) is 3.69. The second kappa shape index (κ2) is 6.20. The van der Waals surface area contributed by atoms with Crippen LogP contribution in [0.5, 0.6) is 0 Å². The van der Waals surface area contributed by atoms with Crippen LogP contribution in [0.3, 0.4) is 0 Å². The van der Waals surface area contributed by atoms with Crippen molar-refractivity contribution in [2.75, 3.05) is 7.05 Å². The van der Waals surface area contributed by atoms with Gasteiger partial charge in [-0.2, -0.15) is 4.39 Å². The van der Waals surface area contributed by atoms with Crippen LogP contribution in [0.2, 0.25) is 0 Å². The van der Waals surface area contributed by atoms with Gasteiger partial charge in [0.25, 0.3) is 5.91 Å². The Kier molecular flexibility index (Phi) is 4.90. The first kappa shape index (κ1) is 14.2. The number of rotatable bonds is 5. The third-order valence-electron chi connectivity index (χ3n) is 2.36. The molecule has 6 nitrogen and oxygen atoms in total. The van der Waals surface area contributed by atoms with Crippen molar-refractivity contribution in [2.45, 2.75) is 24.9 Å². The zero-order chi connectivity index (χ0) is 13.7. The second-order valence-electron chi connectivity index (χ2n) is 3.69. The molecular formula is C10H12F2N2O4. The van der Waals surface area contributed by atoms with Crippen molar-refractivity contribution in [1.29, 1.82) is 0 Å². The molecule has 0 saturated carbocycles. The van der Waals surface area contributed by atoms with Gasteiger partial charge in [0.2, 0.25) is 12.2 Å². The molecule has 0 spiro atoms. The van der Waals surface area contributed by atoms with E-state index < -0.39 is 30.2 Å². The molecule has 18 heavy (non-hydrogen) atoms. The molecule has 8 heteroatoms. The summed E-state index contributed by atoms with van der Waals surface area (Å²) in [7, 11) is 1.29. The third-order valence-corrected chi connectivity index (χ3v) is 2.36. The van der Waals surface area contributed by atoms with E-state index in [9.17, 15) is 23.2 Å². The summed E-state index contributed by atoms with van der Waals surface area (Å²) in [6.45, 7) is 0. The van der Waals surface area contributed by atoms with Crippen molar-refractivity contribution in [3.63, 3.8) is 0 Å². The fraction of sp³-hybridized carbons (Fsp3) is 0.500. The molecule has 1 aliphatic rings. The molecule has 1 saturated heterocycles. The van der Waals surface area contributed by atoms with Crippen LogP contribution >= 0.6 is 0 Å². The lowest BCUT2D eigenvalue weighted by Gasteiger charge is -2.23. The Bertz CT molecular complexity index is 375. The minimum atomic E-state index is -1.47. The van der Waals surface area contributed by atoms with Crippen LogP contribution in [0, 0.1) is 0 Å². The summed E-state index contributed by atoms with van der Waals surface area (Å²) in [5.41, 5.74) is 0. The minimum Gasteiger partial charge on any atom is -0.350 e. The number of nitrogens with zero attached hydrogens (tertiary/aromatic N) is 1. The van der Waals surface area contributed by atoms with E-state index >= 15 is 0 Å². The van der Waals surface area contributed by atoms with E-state index in [1.165, 1.54) is 7.05 Å². The zero-order valence-electron chi connectivity index (χ0n) is 9.51. The van der Waals surface area contributed by atoms with E-state index in [1.807, 2.05) is 0 Å². The maximum atomic E-state index is 13.4. The maximum Gasteiger partial charge on any atom is 0.287 e. The summed E-state index contributed by atoms with van der Waals surface area (Å²) in [5.74, 6) is -2.51. The third kappa shape index (κ3) is 3.33. The van der Waals surface area contributed by atoms with Crippen LogP contribution in [0.25, 0.3) is 0 Å². The Balaban J connectivity index is 2.67. The van der Waals surface area contributed by atoms with Gasteiger partial charge in [-0.25, -0.2) is 4.39 Å². The number of carbonyl (C=O) groups is 3. The number of nitrogens with one attached hydrogen (secondary N) is 1. The van der Waals surface area contributed by atoms with Gasteiger partial charge in [-0.1, -0.05) is 0 Å². The SMILES string of the molecule is CN(/C=C(/F)C(=O)NC=O)C1OC(C=O)CC1F. The molecule has 0 aromatic heterocycles. The Hall–Kier alpha value is -1.83. The normalized spacial score (nSPS) is 27.7. The Labute approximate surface area is 102 Å². The number of hydrogen-bond donors (Lipinski definition) is 1. The Morgan fingerprint density at radius 3 is 2.67 bits per heavy atom. The number of imide groups is 1. The molecule has 1 N–H and O–H groups in total. The molecule has 0 aliphatic carbocycles. The molecule has 2 amide bonds. The Morgan fingerprint density at radius 2 is 2.17 bits per heavy atom. The van der Waals surface area contributed by atoms with Crippen molar-refractivity contribution in [3.05, 3.63) is 12.0 Å². The van der Waals surface area contributed by atoms with Crippen LogP contribution in [-0.2, 0) is 19.1 Å². The van der Waals surface area contributed by atoms with Crippen molar-refractivity contribution in [2.24, 2.45) is 0 Å². The molecule has 100 valence electrons. The van der Waals surface area contributed by atoms with Crippen LogP contribution in [0.4, 0.5) is 8.78 Å². The maximum absolute atomic E-state index is 13.4. The fourth-order valence-electron chi connectivity index (χ4n) is 1.53. The lowest BCUT2D eigenvalue weighted by molar-refractivity contribution is -0.124. The van der Waals surface area contributed by atoms with E-state index in [0.717, 1.165) is 4.90 Å². The van der Waals surface area contributed by atoms with E-state index in [4.69, 9.17) is 4.74 Å². The van der Waals surface area contributed by atoms with E-state index in [0.29, 0.717) is 12.5 Å². The molecule has 1 aliphatic heterocycles. The highest BCUT2D eigenvalue weighted by Gasteiger charge is 2.37. The van der Waals surface area contributed by atoms with Crippen LogP contribution in [0.15, 0.2) is 12.0 Å². The number of hydrogen-bond acceptors (Lipinski definition) is 5. The van der Waals surface area contributed by atoms with Gasteiger partial charge in [0.1, 0.15) is 18.6 Å². The number of aldehydes is 1. The minimum absolute atomic E-state index is 0.0300. The first-order valence-corrected chi connectivity index (χ1v) is 5.08. The lowest BCUT2D eigenvalue weighted by Crippen LogP contribution is -2.34. The molecule has 3 unspecified atom stereocenters. The summed E-state index contributed by atoms with van der Waals surface area (Å²) in [4.78, 5) is 32.3. The van der Waals surface area contributed by atoms with Crippen molar-refractivity contribution >= 4 is 18.6 Å². The molecule has 1 fully saturated rings. The van der Waals surface area contributed by atoms with E-state index in [-0.39, 0.29) is 12.8 Å². The highest BCUT2D eigenvalue weighted by atomic mass is 19.1. The predicted molar refractivity (Wildman–Crippen MR) is 55.4 cm³/mol. The van der Waals surface area contributed by atoms with Crippen LogP contribution < -0.4 is 5.32 Å². The average Bonchev–Trinajstić information content (AvgIpc) is 2.70. The quantitative estimate of drug-likeness (QED) is 0.541. The van der Waals surface area contributed by atoms with Gasteiger partial charge < -0.3 is 14.4 Å². The zero-order valence-corrected chi connectivity index (χ0v) is 9.51. The average molecular weight is 262 g/mol. The lowest BCUT2D eigenvalue weighted by atomic mass is 10.2. The summed E-state index contributed by atoms with van der Waals surface area (Å²) >= 11 is 0. The molecule has 0 bridgehead atoms. The van der Waals surface area contributed by atoms with Gasteiger partial charge in [0.15, 0.2) is 6.23 Å². The number of amides is 2. The van der Waals surface area contributed by atoms with Crippen molar-refractivity contribution in [1.82, 2.24) is 10.2 Å². The van der Waals surface area contributed by atoms with Gasteiger partial charge in [-0.3, -0.25) is 14.9 Å². The van der Waals surface area contributed by atoms with Gasteiger partial charge in [0.05, 0.1) is 0 Å². The number of alkyl halides is 1. The van der Waals surface area contributed by atoms with Gasteiger partial charge >= 0.3 is 0 Å². The first-order valence-electron chi connectivity index (χ1n) is 5.08. The van der Waals surface area contributed by atoms with Gasteiger partial charge in [-0.15, -0.1) is 0 Å².